The smallest absolute Gasteiger partial charge is 0.191 e. The van der Waals surface area contributed by atoms with Crippen LogP contribution < -0.4 is 10.6 Å². The third-order valence-electron chi connectivity index (χ3n) is 4.99. The van der Waals surface area contributed by atoms with E-state index in [1.807, 2.05) is 7.05 Å². The van der Waals surface area contributed by atoms with Crippen molar-refractivity contribution in [2.75, 3.05) is 46.8 Å². The van der Waals surface area contributed by atoms with E-state index < -0.39 is 0 Å². The van der Waals surface area contributed by atoms with E-state index >= 15 is 0 Å². The lowest BCUT2D eigenvalue weighted by molar-refractivity contribution is 0.331. The maximum atomic E-state index is 4.32. The van der Waals surface area contributed by atoms with Gasteiger partial charge in [0.25, 0.3) is 0 Å². The van der Waals surface area contributed by atoms with Crippen molar-refractivity contribution < 1.29 is 0 Å². The Morgan fingerprint density at radius 2 is 1.74 bits per heavy atom. The SMILES string of the molecule is CCCCN(C)CCNC(=NC)NCc1ccc(CN2CCCC2)cc1.I. The summed E-state index contributed by atoms with van der Waals surface area (Å²) in [7, 11) is 4.01. The van der Waals surface area contributed by atoms with Crippen LogP contribution in [0.4, 0.5) is 0 Å². The van der Waals surface area contributed by atoms with Gasteiger partial charge in [-0.25, -0.2) is 0 Å². The van der Waals surface area contributed by atoms with Crippen molar-refractivity contribution in [2.45, 2.75) is 45.7 Å². The van der Waals surface area contributed by atoms with Gasteiger partial charge in [0, 0.05) is 33.2 Å². The summed E-state index contributed by atoms with van der Waals surface area (Å²) in [5.41, 5.74) is 2.70. The summed E-state index contributed by atoms with van der Waals surface area (Å²) in [4.78, 5) is 9.22. The van der Waals surface area contributed by atoms with Gasteiger partial charge >= 0.3 is 0 Å². The fourth-order valence-corrected chi connectivity index (χ4v) is 3.27. The van der Waals surface area contributed by atoms with Crippen molar-refractivity contribution in [3.8, 4) is 0 Å². The van der Waals surface area contributed by atoms with Crippen molar-refractivity contribution in [1.29, 1.82) is 0 Å². The molecule has 27 heavy (non-hydrogen) atoms. The number of likely N-dealkylation sites (tertiary alicyclic amines) is 1. The maximum absolute atomic E-state index is 4.32. The number of hydrogen-bond acceptors (Lipinski definition) is 3. The van der Waals surface area contributed by atoms with Gasteiger partial charge in [-0.15, -0.1) is 24.0 Å². The van der Waals surface area contributed by atoms with Gasteiger partial charge in [-0.2, -0.15) is 0 Å². The standard InChI is InChI=1S/C21H37N5.HI/c1-4-5-13-25(3)16-12-23-21(22-2)24-17-19-8-10-20(11-9-19)18-26-14-6-7-15-26;/h8-11H,4-7,12-18H2,1-3H3,(H2,22,23,24);1H. The van der Waals surface area contributed by atoms with Crippen LogP contribution in [0.15, 0.2) is 29.3 Å². The van der Waals surface area contributed by atoms with Gasteiger partial charge in [-0.3, -0.25) is 9.89 Å². The van der Waals surface area contributed by atoms with E-state index in [1.165, 1.54) is 49.9 Å². The molecule has 0 radical (unpaired) electrons. The van der Waals surface area contributed by atoms with Gasteiger partial charge in [0.05, 0.1) is 0 Å². The number of nitrogens with one attached hydrogen (secondary N) is 2. The predicted octanol–water partition coefficient (Wildman–Crippen LogP) is 3.30. The first-order valence-corrected chi connectivity index (χ1v) is 10.1. The Kier molecular flexibility index (Phi) is 12.7. The van der Waals surface area contributed by atoms with Crippen molar-refractivity contribution in [2.24, 2.45) is 4.99 Å². The summed E-state index contributed by atoms with van der Waals surface area (Å²) < 4.78 is 0. The molecule has 0 aromatic heterocycles. The van der Waals surface area contributed by atoms with E-state index in [-0.39, 0.29) is 24.0 Å². The number of hydrogen-bond donors (Lipinski definition) is 2. The van der Waals surface area contributed by atoms with Gasteiger partial charge in [0.1, 0.15) is 0 Å². The van der Waals surface area contributed by atoms with Gasteiger partial charge < -0.3 is 15.5 Å². The zero-order valence-electron chi connectivity index (χ0n) is 17.3. The molecule has 0 aliphatic carbocycles. The molecule has 5 nitrogen and oxygen atoms in total. The topological polar surface area (TPSA) is 42.9 Å². The minimum absolute atomic E-state index is 0. The molecule has 1 aromatic carbocycles. The zero-order chi connectivity index (χ0) is 18.6. The Bertz CT molecular complexity index is 526. The lowest BCUT2D eigenvalue weighted by Gasteiger charge is -2.18. The molecule has 1 aliphatic rings. The summed E-state index contributed by atoms with van der Waals surface area (Å²) in [6, 6.07) is 8.97. The molecule has 1 aliphatic heterocycles. The van der Waals surface area contributed by atoms with E-state index in [0.29, 0.717) is 0 Å². The molecular weight excluding hydrogens is 449 g/mol. The number of unbranched alkanes of at least 4 members (excludes halogenated alkanes) is 1. The average molecular weight is 487 g/mol. The summed E-state index contributed by atoms with van der Waals surface area (Å²) in [6.45, 7) is 9.72. The number of likely N-dealkylation sites (N-methyl/N-ethyl adjacent to an activating group) is 1. The van der Waals surface area contributed by atoms with E-state index in [4.69, 9.17) is 0 Å². The summed E-state index contributed by atoms with van der Waals surface area (Å²) in [5.74, 6) is 0.870. The van der Waals surface area contributed by atoms with Gasteiger partial charge in [0.15, 0.2) is 5.96 Å². The number of guanidine groups is 1. The monoisotopic (exact) mass is 487 g/mol. The Morgan fingerprint density at radius 3 is 2.37 bits per heavy atom. The molecule has 1 saturated heterocycles. The highest BCUT2D eigenvalue weighted by molar-refractivity contribution is 14.0. The predicted molar refractivity (Wildman–Crippen MR) is 127 cm³/mol. The van der Waals surface area contributed by atoms with E-state index in [2.05, 4.69) is 63.7 Å². The third kappa shape index (κ3) is 9.76. The summed E-state index contributed by atoms with van der Waals surface area (Å²) in [6.07, 6.45) is 5.21. The summed E-state index contributed by atoms with van der Waals surface area (Å²) >= 11 is 0. The molecule has 6 heteroatoms. The lowest BCUT2D eigenvalue weighted by Crippen LogP contribution is -2.40. The second kappa shape index (κ2) is 14.2. The molecule has 0 atom stereocenters. The lowest BCUT2D eigenvalue weighted by atomic mass is 10.1. The molecular formula is C21H38IN5. The molecule has 0 amide bonds. The Morgan fingerprint density at radius 1 is 1.07 bits per heavy atom. The fraction of sp³-hybridized carbons (Fsp3) is 0.667. The first-order chi connectivity index (χ1) is 12.7. The first-order valence-electron chi connectivity index (χ1n) is 10.1. The molecule has 1 aromatic rings. The normalized spacial score (nSPS) is 15.0. The van der Waals surface area contributed by atoms with Crippen LogP contribution in [0.2, 0.25) is 0 Å². The fourth-order valence-electron chi connectivity index (χ4n) is 3.27. The first kappa shape index (κ1) is 24.2. The van der Waals surface area contributed by atoms with Crippen molar-refractivity contribution in [3.63, 3.8) is 0 Å². The number of aliphatic imine (C=N–C) groups is 1. The van der Waals surface area contributed by atoms with E-state index in [9.17, 15) is 0 Å². The van der Waals surface area contributed by atoms with Crippen LogP contribution in [-0.2, 0) is 13.1 Å². The van der Waals surface area contributed by atoms with Gasteiger partial charge in [-0.05, 0) is 57.1 Å². The van der Waals surface area contributed by atoms with Gasteiger partial charge in [-0.1, -0.05) is 37.6 Å². The molecule has 2 N–H and O–H groups in total. The minimum atomic E-state index is 0. The van der Waals surface area contributed by atoms with Crippen LogP contribution in [0, 0.1) is 0 Å². The van der Waals surface area contributed by atoms with Crippen LogP contribution in [0.5, 0.6) is 0 Å². The van der Waals surface area contributed by atoms with Crippen molar-refractivity contribution in [1.82, 2.24) is 20.4 Å². The second-order valence-electron chi connectivity index (χ2n) is 7.31. The van der Waals surface area contributed by atoms with Crippen molar-refractivity contribution >= 4 is 29.9 Å². The van der Waals surface area contributed by atoms with Crippen LogP contribution >= 0.6 is 24.0 Å². The molecule has 0 spiro atoms. The molecule has 0 saturated carbocycles. The van der Waals surface area contributed by atoms with Crippen LogP contribution in [0.3, 0.4) is 0 Å². The number of benzene rings is 1. The second-order valence-corrected chi connectivity index (χ2v) is 7.31. The highest BCUT2D eigenvalue weighted by Crippen LogP contribution is 2.13. The van der Waals surface area contributed by atoms with Crippen LogP contribution in [-0.4, -0.2) is 62.6 Å². The highest BCUT2D eigenvalue weighted by Gasteiger charge is 2.11. The molecule has 1 fully saturated rings. The quantitative estimate of drug-likeness (QED) is 0.302. The number of nitrogens with zero attached hydrogens (tertiary/aromatic N) is 3. The Hall–Kier alpha value is -0.860. The molecule has 1 heterocycles. The largest absolute Gasteiger partial charge is 0.355 e. The molecule has 0 unspecified atom stereocenters. The highest BCUT2D eigenvalue weighted by atomic mass is 127. The minimum Gasteiger partial charge on any atom is -0.355 e. The van der Waals surface area contributed by atoms with E-state index in [0.717, 1.165) is 38.7 Å². The maximum Gasteiger partial charge on any atom is 0.191 e. The molecule has 2 rings (SSSR count). The van der Waals surface area contributed by atoms with Crippen LogP contribution in [0.1, 0.15) is 43.7 Å². The van der Waals surface area contributed by atoms with E-state index in [1.54, 1.807) is 0 Å². The van der Waals surface area contributed by atoms with Crippen LogP contribution in [0.25, 0.3) is 0 Å². The Balaban J connectivity index is 0.00000364. The number of rotatable bonds is 10. The zero-order valence-corrected chi connectivity index (χ0v) is 19.7. The van der Waals surface area contributed by atoms with Crippen molar-refractivity contribution in [3.05, 3.63) is 35.4 Å². The molecule has 0 bridgehead atoms. The number of halogens is 1. The van der Waals surface area contributed by atoms with Gasteiger partial charge in [0.2, 0.25) is 0 Å². The Labute approximate surface area is 183 Å². The third-order valence-corrected chi connectivity index (χ3v) is 4.99. The average Bonchev–Trinajstić information content (AvgIpc) is 3.17. The molecule has 154 valence electrons. The summed E-state index contributed by atoms with van der Waals surface area (Å²) in [5, 5.41) is 6.80.